The molecule has 112 valence electrons. The topological polar surface area (TPSA) is 56.3 Å². The van der Waals surface area contributed by atoms with E-state index < -0.39 is 0 Å². The number of rotatable bonds is 6. The highest BCUT2D eigenvalue weighted by atomic mass is 16.5. The molecule has 0 aliphatic heterocycles. The third-order valence-electron chi connectivity index (χ3n) is 4.13. The van der Waals surface area contributed by atoms with Crippen LogP contribution in [0.15, 0.2) is 36.8 Å². The molecule has 1 unspecified atom stereocenters. The highest BCUT2D eigenvalue weighted by Crippen LogP contribution is 2.38. The summed E-state index contributed by atoms with van der Waals surface area (Å²) in [6.07, 6.45) is 6.34. The van der Waals surface area contributed by atoms with E-state index in [1.165, 1.54) is 18.5 Å². The highest BCUT2D eigenvalue weighted by Gasteiger charge is 2.29. The molecular formula is C16H22N4O. The standard InChI is InChI=1S/C16H22N4O/c1-19(13-4-3-5-14(8-13)21-2)15(9-17)16-10-18-11-20(16)12-6-7-12/h3-5,8,10-12,15H,6-7,9,17H2,1-2H3. The van der Waals surface area contributed by atoms with Crippen LogP contribution in [-0.4, -0.2) is 30.3 Å². The van der Waals surface area contributed by atoms with Gasteiger partial charge >= 0.3 is 0 Å². The molecule has 0 radical (unpaired) electrons. The number of imidazole rings is 1. The zero-order chi connectivity index (χ0) is 14.8. The van der Waals surface area contributed by atoms with Crippen molar-refractivity contribution >= 4 is 5.69 Å². The number of nitrogens with zero attached hydrogens (tertiary/aromatic N) is 3. The van der Waals surface area contributed by atoms with Crippen molar-refractivity contribution in [1.29, 1.82) is 0 Å². The van der Waals surface area contributed by atoms with Crippen LogP contribution < -0.4 is 15.4 Å². The fraction of sp³-hybridized carbons (Fsp3) is 0.438. The van der Waals surface area contributed by atoms with E-state index in [9.17, 15) is 0 Å². The Balaban J connectivity index is 1.89. The molecule has 0 saturated heterocycles. The summed E-state index contributed by atoms with van der Waals surface area (Å²) in [5, 5.41) is 0. The van der Waals surface area contributed by atoms with E-state index >= 15 is 0 Å². The molecule has 0 bridgehead atoms. The molecule has 1 saturated carbocycles. The van der Waals surface area contributed by atoms with Crippen LogP contribution in [0.4, 0.5) is 5.69 Å². The molecule has 3 rings (SSSR count). The van der Waals surface area contributed by atoms with E-state index in [2.05, 4.69) is 27.6 Å². The van der Waals surface area contributed by atoms with E-state index in [1.54, 1.807) is 7.11 Å². The minimum atomic E-state index is 0.111. The summed E-state index contributed by atoms with van der Waals surface area (Å²) in [5.74, 6) is 0.853. The first kappa shape index (κ1) is 13.9. The van der Waals surface area contributed by atoms with E-state index in [0.29, 0.717) is 12.6 Å². The second-order valence-corrected chi connectivity index (χ2v) is 5.52. The van der Waals surface area contributed by atoms with Crippen LogP contribution in [0.2, 0.25) is 0 Å². The lowest BCUT2D eigenvalue weighted by molar-refractivity contribution is 0.414. The zero-order valence-corrected chi connectivity index (χ0v) is 12.6. The maximum absolute atomic E-state index is 6.05. The zero-order valence-electron chi connectivity index (χ0n) is 12.6. The maximum atomic E-state index is 6.05. The number of nitrogens with two attached hydrogens (primary N) is 1. The van der Waals surface area contributed by atoms with Gasteiger partial charge in [0.2, 0.25) is 0 Å². The van der Waals surface area contributed by atoms with Gasteiger partial charge in [-0.15, -0.1) is 0 Å². The van der Waals surface area contributed by atoms with E-state index in [-0.39, 0.29) is 6.04 Å². The van der Waals surface area contributed by atoms with Crippen molar-refractivity contribution < 1.29 is 4.74 Å². The predicted octanol–water partition coefficient (Wildman–Crippen LogP) is 2.36. The number of likely N-dealkylation sites (N-methyl/N-ethyl adjacent to an activating group) is 1. The second-order valence-electron chi connectivity index (χ2n) is 5.52. The van der Waals surface area contributed by atoms with Gasteiger partial charge in [-0.25, -0.2) is 4.98 Å². The van der Waals surface area contributed by atoms with Crippen LogP contribution in [0.3, 0.4) is 0 Å². The van der Waals surface area contributed by atoms with Gasteiger partial charge in [0.05, 0.1) is 31.4 Å². The van der Waals surface area contributed by atoms with Crippen molar-refractivity contribution in [2.45, 2.75) is 24.9 Å². The fourth-order valence-corrected chi connectivity index (χ4v) is 2.72. The van der Waals surface area contributed by atoms with Crippen LogP contribution in [0.1, 0.15) is 30.6 Å². The molecule has 1 aromatic carbocycles. The van der Waals surface area contributed by atoms with Gasteiger partial charge in [0.1, 0.15) is 5.75 Å². The van der Waals surface area contributed by atoms with Crippen LogP contribution in [0.25, 0.3) is 0 Å². The Labute approximate surface area is 125 Å². The average molecular weight is 286 g/mol. The van der Waals surface area contributed by atoms with Crippen LogP contribution in [0, 0.1) is 0 Å². The third kappa shape index (κ3) is 2.74. The molecule has 0 spiro atoms. The number of ether oxygens (including phenoxy) is 1. The van der Waals surface area contributed by atoms with Gasteiger partial charge in [0, 0.05) is 31.4 Å². The molecule has 1 aliphatic rings. The molecule has 1 aromatic heterocycles. The molecule has 5 nitrogen and oxygen atoms in total. The first-order valence-corrected chi connectivity index (χ1v) is 7.33. The molecule has 0 amide bonds. The molecule has 2 N–H and O–H groups in total. The van der Waals surface area contributed by atoms with Crippen molar-refractivity contribution in [3.05, 3.63) is 42.5 Å². The van der Waals surface area contributed by atoms with E-state index in [1.807, 2.05) is 30.7 Å². The first-order valence-electron chi connectivity index (χ1n) is 7.33. The average Bonchev–Trinajstić information content (AvgIpc) is 3.27. The lowest BCUT2D eigenvalue weighted by Crippen LogP contribution is -2.32. The number of methoxy groups -OCH3 is 1. The fourth-order valence-electron chi connectivity index (χ4n) is 2.72. The van der Waals surface area contributed by atoms with Gasteiger partial charge in [-0.2, -0.15) is 0 Å². The van der Waals surface area contributed by atoms with Gasteiger partial charge in [-0.05, 0) is 25.0 Å². The number of anilines is 1. The van der Waals surface area contributed by atoms with Crippen LogP contribution in [-0.2, 0) is 0 Å². The monoisotopic (exact) mass is 286 g/mol. The summed E-state index contributed by atoms with van der Waals surface area (Å²) in [4.78, 5) is 6.51. The Morgan fingerprint density at radius 2 is 2.29 bits per heavy atom. The molecule has 1 atom stereocenters. The number of aromatic nitrogens is 2. The van der Waals surface area contributed by atoms with Crippen LogP contribution in [0.5, 0.6) is 5.75 Å². The SMILES string of the molecule is COc1cccc(N(C)C(CN)c2cncn2C2CC2)c1. The van der Waals surface area contributed by atoms with Gasteiger partial charge in [-0.1, -0.05) is 6.07 Å². The van der Waals surface area contributed by atoms with Crippen molar-refractivity contribution in [3.8, 4) is 5.75 Å². The predicted molar refractivity (Wildman–Crippen MR) is 83.7 cm³/mol. The number of hydrogen-bond acceptors (Lipinski definition) is 4. The minimum Gasteiger partial charge on any atom is -0.497 e. The molecule has 5 heteroatoms. The Hall–Kier alpha value is -2.01. The van der Waals surface area contributed by atoms with Crippen molar-refractivity contribution in [2.75, 3.05) is 25.6 Å². The second kappa shape index (κ2) is 5.77. The van der Waals surface area contributed by atoms with Gasteiger partial charge in [0.25, 0.3) is 0 Å². The molecular weight excluding hydrogens is 264 g/mol. The molecule has 1 fully saturated rings. The van der Waals surface area contributed by atoms with Crippen LogP contribution >= 0.6 is 0 Å². The Bertz CT molecular complexity index is 606. The summed E-state index contributed by atoms with van der Waals surface area (Å²) in [6, 6.07) is 8.76. The molecule has 21 heavy (non-hydrogen) atoms. The summed E-state index contributed by atoms with van der Waals surface area (Å²) in [5.41, 5.74) is 8.32. The quantitative estimate of drug-likeness (QED) is 0.885. The Morgan fingerprint density at radius 3 is 2.95 bits per heavy atom. The first-order chi connectivity index (χ1) is 10.2. The third-order valence-corrected chi connectivity index (χ3v) is 4.13. The van der Waals surface area contributed by atoms with E-state index in [0.717, 1.165) is 11.4 Å². The minimum absolute atomic E-state index is 0.111. The Morgan fingerprint density at radius 1 is 1.48 bits per heavy atom. The molecule has 1 heterocycles. The van der Waals surface area contributed by atoms with Gasteiger partial charge in [0.15, 0.2) is 0 Å². The largest absolute Gasteiger partial charge is 0.497 e. The summed E-state index contributed by atoms with van der Waals surface area (Å²) in [6.45, 7) is 0.548. The van der Waals surface area contributed by atoms with Gasteiger partial charge < -0.3 is 19.9 Å². The van der Waals surface area contributed by atoms with Gasteiger partial charge in [-0.3, -0.25) is 0 Å². The van der Waals surface area contributed by atoms with Crippen molar-refractivity contribution in [2.24, 2.45) is 5.73 Å². The Kier molecular flexibility index (Phi) is 3.84. The normalized spacial score (nSPS) is 15.8. The lowest BCUT2D eigenvalue weighted by atomic mass is 10.1. The lowest BCUT2D eigenvalue weighted by Gasteiger charge is -2.30. The molecule has 2 aromatic rings. The summed E-state index contributed by atoms with van der Waals surface area (Å²) in [7, 11) is 3.75. The highest BCUT2D eigenvalue weighted by molar-refractivity contribution is 5.51. The maximum Gasteiger partial charge on any atom is 0.120 e. The van der Waals surface area contributed by atoms with Crippen molar-refractivity contribution in [1.82, 2.24) is 9.55 Å². The summed E-state index contributed by atoms with van der Waals surface area (Å²) < 4.78 is 7.58. The van der Waals surface area contributed by atoms with E-state index in [4.69, 9.17) is 10.5 Å². The summed E-state index contributed by atoms with van der Waals surface area (Å²) >= 11 is 0. The number of benzene rings is 1. The smallest absolute Gasteiger partial charge is 0.120 e. The number of hydrogen-bond donors (Lipinski definition) is 1. The molecule has 1 aliphatic carbocycles. The van der Waals surface area contributed by atoms with Crippen molar-refractivity contribution in [3.63, 3.8) is 0 Å².